The first-order valence-electron chi connectivity index (χ1n) is 8.27. The Bertz CT molecular complexity index is 286. The number of morpholine rings is 1. The number of unbranched alkanes of at least 4 members (excludes halogenated alkanes) is 1. The van der Waals surface area contributed by atoms with Crippen LogP contribution in [0.1, 0.15) is 52.9 Å². The van der Waals surface area contributed by atoms with Gasteiger partial charge in [0.05, 0.1) is 18.8 Å². The normalized spacial score (nSPS) is 31.2. The summed E-state index contributed by atoms with van der Waals surface area (Å²) in [4.78, 5) is 2.52. The number of aliphatic hydroxyl groups is 1. The molecule has 0 aromatic heterocycles. The molecule has 1 saturated heterocycles. The summed E-state index contributed by atoms with van der Waals surface area (Å²) in [7, 11) is 0. The van der Waals surface area contributed by atoms with Gasteiger partial charge in [0.25, 0.3) is 0 Å². The van der Waals surface area contributed by atoms with Crippen molar-refractivity contribution in [1.29, 1.82) is 0 Å². The van der Waals surface area contributed by atoms with E-state index in [-0.39, 0.29) is 12.1 Å². The molecule has 1 aliphatic carbocycles. The van der Waals surface area contributed by atoms with E-state index < -0.39 is 0 Å². The van der Waals surface area contributed by atoms with Gasteiger partial charge < -0.3 is 15.2 Å². The third-order valence-electron chi connectivity index (χ3n) is 4.43. The molecule has 4 heteroatoms. The second kappa shape index (κ2) is 7.21. The molecule has 0 amide bonds. The molecule has 118 valence electrons. The van der Waals surface area contributed by atoms with Crippen molar-refractivity contribution in [2.24, 2.45) is 0 Å². The first kappa shape index (κ1) is 16.2. The molecule has 2 fully saturated rings. The molecule has 1 aliphatic heterocycles. The fraction of sp³-hybridized carbons (Fsp3) is 1.00. The van der Waals surface area contributed by atoms with Crippen LogP contribution in [-0.2, 0) is 4.74 Å². The number of ether oxygens (including phenoxy) is 1. The molecular weight excluding hydrogens is 252 g/mol. The Morgan fingerprint density at radius 2 is 1.85 bits per heavy atom. The van der Waals surface area contributed by atoms with Crippen LogP contribution < -0.4 is 5.32 Å². The fourth-order valence-corrected chi connectivity index (χ4v) is 3.23. The highest BCUT2D eigenvalue weighted by Gasteiger charge is 2.31. The number of nitrogens with zero attached hydrogens (tertiary/aromatic N) is 1. The van der Waals surface area contributed by atoms with Crippen LogP contribution in [0, 0.1) is 0 Å². The Balaban J connectivity index is 1.62. The highest BCUT2D eigenvalue weighted by Crippen LogP contribution is 2.25. The molecule has 4 nitrogen and oxygen atoms in total. The molecule has 0 bridgehead atoms. The molecule has 2 N–H and O–H groups in total. The molecular formula is C16H32N2O2. The third kappa shape index (κ3) is 5.32. The SMILES string of the molecule is C[C@@H]1CN(CCCCC(C)(CO)NC2CC2)C[C@H](C)O1. The van der Waals surface area contributed by atoms with Crippen LogP contribution >= 0.6 is 0 Å². The molecule has 1 saturated carbocycles. The first-order chi connectivity index (χ1) is 9.50. The second-order valence-corrected chi connectivity index (χ2v) is 7.11. The number of hydrogen-bond acceptors (Lipinski definition) is 4. The number of aliphatic hydroxyl groups excluding tert-OH is 1. The minimum atomic E-state index is -0.0766. The zero-order valence-electron chi connectivity index (χ0n) is 13.4. The summed E-state index contributed by atoms with van der Waals surface area (Å²) in [6.07, 6.45) is 6.72. The second-order valence-electron chi connectivity index (χ2n) is 7.11. The van der Waals surface area contributed by atoms with Crippen LogP contribution in [0.25, 0.3) is 0 Å². The van der Waals surface area contributed by atoms with E-state index in [1.165, 1.54) is 25.7 Å². The molecule has 0 radical (unpaired) electrons. The van der Waals surface area contributed by atoms with Crippen LogP contribution in [0.2, 0.25) is 0 Å². The summed E-state index contributed by atoms with van der Waals surface area (Å²) >= 11 is 0. The topological polar surface area (TPSA) is 44.7 Å². The minimum absolute atomic E-state index is 0.0766. The number of rotatable bonds is 8. The maximum atomic E-state index is 9.59. The summed E-state index contributed by atoms with van der Waals surface area (Å²) in [5.41, 5.74) is -0.0766. The van der Waals surface area contributed by atoms with Gasteiger partial charge in [-0.1, -0.05) is 6.42 Å². The van der Waals surface area contributed by atoms with Gasteiger partial charge in [0.1, 0.15) is 0 Å². The lowest BCUT2D eigenvalue weighted by Crippen LogP contribution is -2.47. The maximum absolute atomic E-state index is 9.59. The zero-order chi connectivity index (χ0) is 14.6. The Morgan fingerprint density at radius 1 is 1.20 bits per heavy atom. The van der Waals surface area contributed by atoms with E-state index in [0.29, 0.717) is 18.2 Å². The molecule has 3 atom stereocenters. The molecule has 0 aromatic rings. The number of hydrogen-bond donors (Lipinski definition) is 2. The van der Waals surface area contributed by atoms with E-state index in [9.17, 15) is 5.11 Å². The Hall–Kier alpha value is -0.160. The quantitative estimate of drug-likeness (QED) is 0.667. The Morgan fingerprint density at radius 3 is 2.40 bits per heavy atom. The third-order valence-corrected chi connectivity index (χ3v) is 4.43. The predicted molar refractivity (Wildman–Crippen MR) is 81.9 cm³/mol. The maximum Gasteiger partial charge on any atom is 0.0678 e. The summed E-state index contributed by atoms with van der Waals surface area (Å²) in [5, 5.41) is 13.2. The van der Waals surface area contributed by atoms with Crippen molar-refractivity contribution in [3.63, 3.8) is 0 Å². The average Bonchev–Trinajstić information content (AvgIpc) is 3.17. The van der Waals surface area contributed by atoms with Crippen molar-refractivity contribution >= 4 is 0 Å². The Labute approximate surface area is 123 Å². The smallest absolute Gasteiger partial charge is 0.0678 e. The standard InChI is InChI=1S/C16H32N2O2/c1-13-10-18(11-14(2)20-13)9-5-4-8-16(3,12-19)17-15-6-7-15/h13-15,17,19H,4-12H2,1-3H3/t13-,14+,16?. The van der Waals surface area contributed by atoms with Crippen molar-refractivity contribution < 1.29 is 9.84 Å². The largest absolute Gasteiger partial charge is 0.394 e. The minimum Gasteiger partial charge on any atom is -0.394 e. The van der Waals surface area contributed by atoms with Crippen molar-refractivity contribution in [3.05, 3.63) is 0 Å². The van der Waals surface area contributed by atoms with E-state index in [0.717, 1.165) is 26.1 Å². The fourth-order valence-electron chi connectivity index (χ4n) is 3.23. The number of nitrogens with one attached hydrogen (secondary N) is 1. The van der Waals surface area contributed by atoms with Gasteiger partial charge in [-0.3, -0.25) is 4.90 Å². The molecule has 20 heavy (non-hydrogen) atoms. The lowest BCUT2D eigenvalue weighted by Gasteiger charge is -2.35. The monoisotopic (exact) mass is 284 g/mol. The van der Waals surface area contributed by atoms with E-state index in [4.69, 9.17) is 4.74 Å². The zero-order valence-corrected chi connectivity index (χ0v) is 13.4. The predicted octanol–water partition coefficient (Wildman–Crippen LogP) is 1.77. The van der Waals surface area contributed by atoms with Gasteiger partial charge in [-0.15, -0.1) is 0 Å². The molecule has 0 aromatic carbocycles. The Kier molecular flexibility index (Phi) is 5.84. The molecule has 1 unspecified atom stereocenters. The van der Waals surface area contributed by atoms with Crippen LogP contribution in [0.3, 0.4) is 0 Å². The average molecular weight is 284 g/mol. The van der Waals surface area contributed by atoms with Gasteiger partial charge in [0.2, 0.25) is 0 Å². The molecule has 1 heterocycles. The van der Waals surface area contributed by atoms with Crippen molar-refractivity contribution in [3.8, 4) is 0 Å². The molecule has 0 spiro atoms. The van der Waals surface area contributed by atoms with Crippen LogP contribution in [0.4, 0.5) is 0 Å². The first-order valence-corrected chi connectivity index (χ1v) is 8.27. The van der Waals surface area contributed by atoms with Gasteiger partial charge in [-0.05, 0) is 53.0 Å². The van der Waals surface area contributed by atoms with Gasteiger partial charge in [0.15, 0.2) is 0 Å². The van der Waals surface area contributed by atoms with E-state index in [1.54, 1.807) is 0 Å². The lowest BCUT2D eigenvalue weighted by atomic mass is 9.95. The van der Waals surface area contributed by atoms with Gasteiger partial charge >= 0.3 is 0 Å². The lowest BCUT2D eigenvalue weighted by molar-refractivity contribution is -0.0682. The molecule has 2 aliphatic rings. The van der Waals surface area contributed by atoms with Crippen molar-refractivity contribution in [1.82, 2.24) is 10.2 Å². The van der Waals surface area contributed by atoms with Crippen molar-refractivity contribution in [2.45, 2.75) is 76.7 Å². The van der Waals surface area contributed by atoms with Gasteiger partial charge in [-0.2, -0.15) is 0 Å². The van der Waals surface area contributed by atoms with E-state index in [1.807, 2.05) is 0 Å². The van der Waals surface area contributed by atoms with Gasteiger partial charge in [0, 0.05) is 24.7 Å². The summed E-state index contributed by atoms with van der Waals surface area (Å²) in [6, 6.07) is 0.660. The van der Waals surface area contributed by atoms with Crippen LogP contribution in [-0.4, -0.2) is 60.0 Å². The van der Waals surface area contributed by atoms with Crippen LogP contribution in [0.5, 0.6) is 0 Å². The summed E-state index contributed by atoms with van der Waals surface area (Å²) in [6.45, 7) is 9.99. The van der Waals surface area contributed by atoms with Gasteiger partial charge in [-0.25, -0.2) is 0 Å². The summed E-state index contributed by atoms with van der Waals surface area (Å²) in [5.74, 6) is 0. The van der Waals surface area contributed by atoms with E-state index >= 15 is 0 Å². The van der Waals surface area contributed by atoms with E-state index in [2.05, 4.69) is 31.0 Å². The van der Waals surface area contributed by atoms with Crippen LogP contribution in [0.15, 0.2) is 0 Å². The summed E-state index contributed by atoms with van der Waals surface area (Å²) < 4.78 is 5.76. The van der Waals surface area contributed by atoms with Crippen molar-refractivity contribution in [2.75, 3.05) is 26.2 Å². The molecule has 2 rings (SSSR count). The highest BCUT2D eigenvalue weighted by atomic mass is 16.5. The highest BCUT2D eigenvalue weighted by molar-refractivity contribution is 4.92.